The Kier molecular flexibility index (Phi) is 4.98. The topological polar surface area (TPSA) is 49.4 Å². The lowest BCUT2D eigenvalue weighted by molar-refractivity contribution is -0.0435. The third-order valence-corrected chi connectivity index (χ3v) is 3.94. The molecule has 0 aliphatic rings. The van der Waals surface area contributed by atoms with Crippen molar-refractivity contribution in [2.45, 2.75) is 10.4 Å². The monoisotopic (exact) mass is 314 g/mol. The van der Waals surface area contributed by atoms with Gasteiger partial charge in [0.1, 0.15) is 10.7 Å². The van der Waals surface area contributed by atoms with Crippen LogP contribution in [0.3, 0.4) is 0 Å². The van der Waals surface area contributed by atoms with Crippen LogP contribution in [0.2, 0.25) is 0 Å². The van der Waals surface area contributed by atoms with Crippen LogP contribution in [0.15, 0.2) is 23.1 Å². The Hall–Kier alpha value is -1.35. The van der Waals surface area contributed by atoms with Crippen molar-refractivity contribution in [1.29, 1.82) is 0 Å². The molecule has 0 saturated carbocycles. The lowest BCUT2D eigenvalue weighted by Crippen LogP contribution is -2.26. The lowest BCUT2D eigenvalue weighted by Gasteiger charge is -2.16. The van der Waals surface area contributed by atoms with E-state index < -0.39 is 26.1 Å². The Morgan fingerprint density at radius 2 is 1.85 bits per heavy atom. The van der Waals surface area contributed by atoms with Crippen LogP contribution in [0.5, 0.6) is 0 Å². The Balaban J connectivity index is 3.15. The third kappa shape index (κ3) is 3.83. The summed E-state index contributed by atoms with van der Waals surface area (Å²) in [4.78, 5) is 0.651. The quantitative estimate of drug-likeness (QED) is 0.846. The first-order valence-corrected chi connectivity index (χ1v) is 7.03. The highest BCUT2D eigenvalue weighted by Crippen LogP contribution is 2.34. The molecule has 0 fully saturated rings. The number of sulfone groups is 1. The van der Waals surface area contributed by atoms with Crippen LogP contribution in [-0.2, 0) is 9.84 Å². The van der Waals surface area contributed by atoms with E-state index in [2.05, 4.69) is 5.32 Å². The average molecular weight is 314 g/mol. The van der Waals surface area contributed by atoms with Gasteiger partial charge in [-0.2, -0.15) is 13.2 Å². The molecule has 0 spiro atoms. The fourth-order valence-electron chi connectivity index (χ4n) is 1.40. The van der Waals surface area contributed by atoms with Crippen molar-refractivity contribution in [2.75, 3.05) is 32.5 Å². The van der Waals surface area contributed by atoms with Crippen molar-refractivity contribution in [3.63, 3.8) is 0 Å². The maximum Gasteiger partial charge on any atom is 0.501 e. The number of nitrogens with one attached hydrogen (secondary N) is 1. The van der Waals surface area contributed by atoms with Gasteiger partial charge in [-0.1, -0.05) is 0 Å². The highest BCUT2D eigenvalue weighted by molar-refractivity contribution is 7.92. The van der Waals surface area contributed by atoms with Crippen LogP contribution in [-0.4, -0.2) is 46.0 Å². The molecular formula is C11H14F4N2O2S. The molecule has 1 N–H and O–H groups in total. The third-order valence-electron chi connectivity index (χ3n) is 2.41. The number of hydrogen-bond donors (Lipinski definition) is 1. The summed E-state index contributed by atoms with van der Waals surface area (Å²) >= 11 is 0. The van der Waals surface area contributed by atoms with Gasteiger partial charge in [-0.15, -0.1) is 0 Å². The smallest absolute Gasteiger partial charge is 0.383 e. The van der Waals surface area contributed by atoms with E-state index in [9.17, 15) is 26.0 Å². The standard InChI is InChI=1S/C11H14F4N2O2S/c1-17(2)6-5-16-9-4-3-8(12)7-10(9)20(18,19)11(13,14)15/h3-4,7,16H,5-6H2,1-2H3. The second-order valence-electron chi connectivity index (χ2n) is 4.32. The zero-order valence-electron chi connectivity index (χ0n) is 10.8. The summed E-state index contributed by atoms with van der Waals surface area (Å²) in [5.74, 6) is -1.05. The van der Waals surface area contributed by atoms with E-state index in [4.69, 9.17) is 0 Å². The van der Waals surface area contributed by atoms with Crippen LogP contribution in [0, 0.1) is 5.82 Å². The van der Waals surface area contributed by atoms with Gasteiger partial charge in [0, 0.05) is 13.1 Å². The largest absolute Gasteiger partial charge is 0.501 e. The Morgan fingerprint density at radius 1 is 1.25 bits per heavy atom. The zero-order chi connectivity index (χ0) is 15.6. The molecule has 1 aromatic carbocycles. The second kappa shape index (κ2) is 5.96. The molecule has 0 aliphatic carbocycles. The van der Waals surface area contributed by atoms with Crippen LogP contribution in [0.25, 0.3) is 0 Å². The Labute approximate surface area is 114 Å². The minimum atomic E-state index is -5.60. The number of hydrogen-bond acceptors (Lipinski definition) is 4. The van der Waals surface area contributed by atoms with Gasteiger partial charge < -0.3 is 10.2 Å². The van der Waals surface area contributed by atoms with E-state index in [1.54, 1.807) is 19.0 Å². The van der Waals surface area contributed by atoms with Crippen LogP contribution in [0.4, 0.5) is 23.2 Å². The highest BCUT2D eigenvalue weighted by atomic mass is 32.2. The maximum atomic E-state index is 13.0. The molecule has 0 aromatic heterocycles. The molecule has 0 aliphatic heterocycles. The van der Waals surface area contributed by atoms with Crippen molar-refractivity contribution in [3.8, 4) is 0 Å². The number of anilines is 1. The van der Waals surface area contributed by atoms with Crippen molar-refractivity contribution in [1.82, 2.24) is 4.90 Å². The first-order valence-electron chi connectivity index (χ1n) is 5.55. The van der Waals surface area contributed by atoms with Crippen LogP contribution < -0.4 is 5.32 Å². The van der Waals surface area contributed by atoms with Crippen molar-refractivity contribution < 1.29 is 26.0 Å². The average Bonchev–Trinajstić information content (AvgIpc) is 2.29. The summed E-state index contributed by atoms with van der Waals surface area (Å²) in [7, 11) is -2.10. The predicted molar refractivity (Wildman–Crippen MR) is 66.7 cm³/mol. The first kappa shape index (κ1) is 16.7. The highest BCUT2D eigenvalue weighted by Gasteiger charge is 2.48. The SMILES string of the molecule is CN(C)CCNc1ccc(F)cc1S(=O)(=O)C(F)(F)F. The molecule has 0 atom stereocenters. The minimum absolute atomic E-state index is 0.221. The van der Waals surface area contributed by atoms with Gasteiger partial charge in [-0.3, -0.25) is 0 Å². The van der Waals surface area contributed by atoms with Crippen molar-refractivity contribution in [3.05, 3.63) is 24.0 Å². The fourth-order valence-corrected chi connectivity index (χ4v) is 2.35. The van der Waals surface area contributed by atoms with Gasteiger partial charge in [-0.05, 0) is 32.3 Å². The van der Waals surface area contributed by atoms with E-state index in [1.807, 2.05) is 0 Å². The number of alkyl halides is 3. The maximum absolute atomic E-state index is 13.0. The Bertz CT molecular complexity index is 570. The van der Waals surface area contributed by atoms with Gasteiger partial charge in [0.2, 0.25) is 0 Å². The molecule has 0 heterocycles. The van der Waals surface area contributed by atoms with E-state index >= 15 is 0 Å². The molecule has 0 radical (unpaired) electrons. The van der Waals surface area contributed by atoms with E-state index in [0.29, 0.717) is 12.6 Å². The number of benzene rings is 1. The van der Waals surface area contributed by atoms with Crippen molar-refractivity contribution >= 4 is 15.5 Å². The number of rotatable bonds is 5. The van der Waals surface area contributed by atoms with Gasteiger partial charge in [-0.25, -0.2) is 12.8 Å². The number of likely N-dealkylation sites (N-methyl/N-ethyl adjacent to an activating group) is 1. The predicted octanol–water partition coefficient (Wildman–Crippen LogP) is 2.09. The number of halogens is 4. The summed E-state index contributed by atoms with van der Waals surface area (Å²) in [6.45, 7) is 0.696. The molecule has 1 rings (SSSR count). The summed E-state index contributed by atoms with van der Waals surface area (Å²) in [5.41, 5.74) is -5.75. The van der Waals surface area contributed by atoms with Gasteiger partial charge in [0.25, 0.3) is 9.84 Å². The van der Waals surface area contributed by atoms with E-state index in [1.165, 1.54) is 0 Å². The molecule has 1 aromatic rings. The molecule has 0 saturated heterocycles. The van der Waals surface area contributed by atoms with Gasteiger partial charge in [0.05, 0.1) is 5.69 Å². The van der Waals surface area contributed by atoms with Crippen molar-refractivity contribution in [2.24, 2.45) is 0 Å². The van der Waals surface area contributed by atoms with Crippen LogP contribution in [0.1, 0.15) is 0 Å². The summed E-state index contributed by atoms with van der Waals surface area (Å²) in [6, 6.07) is 2.23. The van der Waals surface area contributed by atoms with E-state index in [0.717, 1.165) is 12.1 Å². The minimum Gasteiger partial charge on any atom is -0.383 e. The summed E-state index contributed by atoms with van der Waals surface area (Å²) in [6.07, 6.45) is 0. The molecular weight excluding hydrogens is 300 g/mol. The molecule has 9 heteroatoms. The number of nitrogens with zero attached hydrogens (tertiary/aromatic N) is 1. The molecule has 4 nitrogen and oxygen atoms in total. The summed E-state index contributed by atoms with van der Waals surface area (Å²) < 4.78 is 73.4. The molecule has 0 unspecified atom stereocenters. The van der Waals surface area contributed by atoms with E-state index in [-0.39, 0.29) is 12.2 Å². The normalized spacial score (nSPS) is 12.8. The van der Waals surface area contributed by atoms with Gasteiger partial charge in [0.15, 0.2) is 0 Å². The zero-order valence-corrected chi connectivity index (χ0v) is 11.6. The Morgan fingerprint density at radius 3 is 2.35 bits per heavy atom. The molecule has 0 amide bonds. The molecule has 114 valence electrons. The fraction of sp³-hybridized carbons (Fsp3) is 0.455. The first-order chi connectivity index (χ1) is 9.05. The molecule has 20 heavy (non-hydrogen) atoms. The van der Waals surface area contributed by atoms with Crippen LogP contribution >= 0.6 is 0 Å². The second-order valence-corrected chi connectivity index (χ2v) is 6.23. The lowest BCUT2D eigenvalue weighted by atomic mass is 10.3. The molecule has 0 bridgehead atoms. The summed E-state index contributed by atoms with van der Waals surface area (Å²) in [5, 5.41) is 2.56. The van der Waals surface area contributed by atoms with Gasteiger partial charge >= 0.3 is 5.51 Å².